The Morgan fingerprint density at radius 3 is 2.72 bits per heavy atom. The fraction of sp³-hybridized carbons (Fsp3) is 0.471. The lowest BCUT2D eigenvalue weighted by molar-refractivity contribution is -0.132. The molecule has 136 valence electrons. The molecule has 25 heavy (non-hydrogen) atoms. The fourth-order valence-electron chi connectivity index (χ4n) is 2.50. The van der Waals surface area contributed by atoms with Gasteiger partial charge >= 0.3 is 6.03 Å². The van der Waals surface area contributed by atoms with Crippen LogP contribution >= 0.6 is 11.8 Å². The topological polar surface area (TPSA) is 90.5 Å². The number of thioether (sulfide) groups is 1. The number of nitrogens with one attached hydrogen (secondary N) is 3. The Morgan fingerprint density at radius 2 is 2.04 bits per heavy atom. The van der Waals surface area contributed by atoms with E-state index >= 15 is 0 Å². The van der Waals surface area contributed by atoms with Crippen molar-refractivity contribution in [3.05, 3.63) is 29.8 Å². The number of piperazine rings is 1. The highest BCUT2D eigenvalue weighted by Crippen LogP contribution is 2.17. The van der Waals surface area contributed by atoms with Gasteiger partial charge in [-0.15, -0.1) is 11.8 Å². The van der Waals surface area contributed by atoms with Gasteiger partial charge in [-0.25, -0.2) is 4.79 Å². The molecule has 0 spiro atoms. The van der Waals surface area contributed by atoms with E-state index in [1.54, 1.807) is 11.8 Å². The fourth-order valence-corrected chi connectivity index (χ4v) is 3.27. The van der Waals surface area contributed by atoms with Gasteiger partial charge in [0.1, 0.15) is 6.04 Å². The van der Waals surface area contributed by atoms with E-state index in [0.29, 0.717) is 19.6 Å². The summed E-state index contributed by atoms with van der Waals surface area (Å²) in [5.41, 5.74) is 1.21. The summed E-state index contributed by atoms with van der Waals surface area (Å²) in [5, 5.41) is 8.01. The number of carbonyl (C=O) groups excluding carboxylic acids is 3. The molecule has 0 saturated carbocycles. The number of amides is 4. The molecule has 1 aliphatic rings. The van der Waals surface area contributed by atoms with Crippen molar-refractivity contribution in [1.29, 1.82) is 0 Å². The third kappa shape index (κ3) is 5.67. The first-order chi connectivity index (χ1) is 12.0. The van der Waals surface area contributed by atoms with Gasteiger partial charge in [0.05, 0.1) is 6.42 Å². The van der Waals surface area contributed by atoms with Crippen LogP contribution in [0, 0.1) is 6.92 Å². The second-order valence-corrected chi connectivity index (χ2v) is 6.94. The minimum absolute atomic E-state index is 0.0339. The quantitative estimate of drug-likeness (QED) is 0.513. The van der Waals surface area contributed by atoms with E-state index in [2.05, 4.69) is 40.2 Å². The van der Waals surface area contributed by atoms with E-state index in [1.807, 2.05) is 6.92 Å². The van der Waals surface area contributed by atoms with Crippen LogP contribution in [0.3, 0.4) is 0 Å². The maximum Gasteiger partial charge on any atom is 0.318 e. The van der Waals surface area contributed by atoms with Crippen LogP contribution in [-0.2, 0) is 9.59 Å². The lowest BCUT2D eigenvalue weighted by atomic mass is 10.1. The smallest absolute Gasteiger partial charge is 0.318 e. The molecule has 0 unspecified atom stereocenters. The van der Waals surface area contributed by atoms with Gasteiger partial charge in [-0.05, 0) is 19.1 Å². The van der Waals surface area contributed by atoms with E-state index in [0.717, 1.165) is 10.6 Å². The lowest BCUT2D eigenvalue weighted by Crippen LogP contribution is -2.60. The number of carbonyl (C=O) groups is 3. The number of rotatable bonds is 6. The SMILES string of the molecule is CNC(=O)C[C@H]1C(=O)NCCN1C(=O)NCCSc1ccc(C)cc1. The maximum atomic E-state index is 12.4. The Kier molecular flexibility index (Phi) is 7.12. The van der Waals surface area contributed by atoms with Crippen molar-refractivity contribution in [2.24, 2.45) is 0 Å². The Bertz CT molecular complexity index is 621. The molecule has 2 rings (SSSR count). The molecule has 0 bridgehead atoms. The average Bonchev–Trinajstić information content (AvgIpc) is 2.61. The van der Waals surface area contributed by atoms with Crippen LogP contribution in [0.5, 0.6) is 0 Å². The number of hydrogen-bond donors (Lipinski definition) is 3. The van der Waals surface area contributed by atoms with Crippen LogP contribution in [-0.4, -0.2) is 61.2 Å². The molecule has 4 amide bonds. The van der Waals surface area contributed by atoms with Gasteiger partial charge in [-0.2, -0.15) is 0 Å². The van der Waals surface area contributed by atoms with Crippen LogP contribution in [0.2, 0.25) is 0 Å². The number of aryl methyl sites for hydroxylation is 1. The highest BCUT2D eigenvalue weighted by atomic mass is 32.2. The van der Waals surface area contributed by atoms with E-state index in [4.69, 9.17) is 0 Å². The first kappa shape index (κ1) is 19.1. The molecule has 3 N–H and O–H groups in total. The summed E-state index contributed by atoms with van der Waals surface area (Å²) in [5.74, 6) is 0.170. The van der Waals surface area contributed by atoms with Crippen molar-refractivity contribution in [3.63, 3.8) is 0 Å². The van der Waals surface area contributed by atoms with Crippen molar-refractivity contribution >= 4 is 29.6 Å². The second-order valence-electron chi connectivity index (χ2n) is 5.77. The minimum atomic E-state index is -0.765. The molecule has 1 heterocycles. The van der Waals surface area contributed by atoms with Gasteiger partial charge in [0.25, 0.3) is 0 Å². The maximum absolute atomic E-state index is 12.4. The predicted octanol–water partition coefficient (Wildman–Crippen LogP) is 0.733. The number of nitrogens with zero attached hydrogens (tertiary/aromatic N) is 1. The number of urea groups is 1. The second kappa shape index (κ2) is 9.31. The molecular weight excluding hydrogens is 340 g/mol. The molecule has 8 heteroatoms. The zero-order valence-electron chi connectivity index (χ0n) is 14.5. The zero-order valence-corrected chi connectivity index (χ0v) is 15.3. The van der Waals surface area contributed by atoms with Crippen LogP contribution < -0.4 is 16.0 Å². The van der Waals surface area contributed by atoms with Crippen LogP contribution in [0.1, 0.15) is 12.0 Å². The van der Waals surface area contributed by atoms with E-state index in [9.17, 15) is 14.4 Å². The Hall–Kier alpha value is -2.22. The van der Waals surface area contributed by atoms with Gasteiger partial charge in [-0.3, -0.25) is 9.59 Å². The van der Waals surface area contributed by atoms with Gasteiger partial charge in [0.2, 0.25) is 11.8 Å². The van der Waals surface area contributed by atoms with Crippen molar-refractivity contribution in [2.75, 3.05) is 32.4 Å². The van der Waals surface area contributed by atoms with E-state index in [1.165, 1.54) is 17.5 Å². The minimum Gasteiger partial charge on any atom is -0.359 e. The van der Waals surface area contributed by atoms with Crippen molar-refractivity contribution in [1.82, 2.24) is 20.9 Å². The van der Waals surface area contributed by atoms with Crippen molar-refractivity contribution in [2.45, 2.75) is 24.3 Å². The van der Waals surface area contributed by atoms with E-state index in [-0.39, 0.29) is 24.3 Å². The summed E-state index contributed by atoms with van der Waals surface area (Å²) >= 11 is 1.66. The van der Waals surface area contributed by atoms with E-state index < -0.39 is 6.04 Å². The summed E-state index contributed by atoms with van der Waals surface area (Å²) < 4.78 is 0. The normalized spacial score (nSPS) is 17.0. The summed E-state index contributed by atoms with van der Waals surface area (Å²) in [4.78, 5) is 38.5. The molecule has 7 nitrogen and oxygen atoms in total. The van der Waals surface area contributed by atoms with Gasteiger partial charge in [0.15, 0.2) is 0 Å². The predicted molar refractivity (Wildman–Crippen MR) is 97.5 cm³/mol. The summed E-state index contributed by atoms with van der Waals surface area (Å²) in [7, 11) is 1.51. The Balaban J connectivity index is 1.82. The highest BCUT2D eigenvalue weighted by Gasteiger charge is 2.34. The molecule has 1 atom stereocenters. The zero-order chi connectivity index (χ0) is 18.2. The van der Waals surface area contributed by atoms with Gasteiger partial charge < -0.3 is 20.9 Å². The number of benzene rings is 1. The summed E-state index contributed by atoms with van der Waals surface area (Å²) in [6.45, 7) is 3.32. The van der Waals surface area contributed by atoms with Crippen LogP contribution in [0.4, 0.5) is 4.79 Å². The highest BCUT2D eigenvalue weighted by molar-refractivity contribution is 7.99. The first-order valence-electron chi connectivity index (χ1n) is 8.23. The molecule has 1 fully saturated rings. The monoisotopic (exact) mass is 364 g/mol. The summed E-state index contributed by atoms with van der Waals surface area (Å²) in [6, 6.07) is 7.13. The van der Waals surface area contributed by atoms with Crippen molar-refractivity contribution in [3.8, 4) is 0 Å². The molecule has 1 aromatic carbocycles. The molecular formula is C17H24N4O3S. The third-order valence-electron chi connectivity index (χ3n) is 3.92. The molecule has 0 aliphatic carbocycles. The number of hydrogen-bond acceptors (Lipinski definition) is 4. The van der Waals surface area contributed by atoms with Crippen molar-refractivity contribution < 1.29 is 14.4 Å². The van der Waals surface area contributed by atoms with Gasteiger partial charge in [0, 0.05) is 37.3 Å². The summed E-state index contributed by atoms with van der Waals surface area (Å²) in [6.07, 6.45) is -0.0339. The Labute approximate surface area is 151 Å². The third-order valence-corrected chi connectivity index (χ3v) is 4.93. The first-order valence-corrected chi connectivity index (χ1v) is 9.22. The standard InChI is InChI=1S/C17H24N4O3S/c1-12-3-5-13(6-4-12)25-10-8-20-17(24)21-9-7-19-16(23)14(21)11-15(22)18-2/h3-6,14H,7-11H2,1-2H3,(H,18,22)(H,19,23)(H,20,24)/t14-/m0/s1. The van der Waals surface area contributed by atoms with Crippen LogP contribution in [0.15, 0.2) is 29.2 Å². The largest absolute Gasteiger partial charge is 0.359 e. The van der Waals surface area contributed by atoms with Crippen LogP contribution in [0.25, 0.3) is 0 Å². The molecule has 1 aliphatic heterocycles. The molecule has 0 aromatic heterocycles. The molecule has 1 aromatic rings. The lowest BCUT2D eigenvalue weighted by Gasteiger charge is -2.34. The van der Waals surface area contributed by atoms with Gasteiger partial charge in [-0.1, -0.05) is 17.7 Å². The Morgan fingerprint density at radius 1 is 1.32 bits per heavy atom. The molecule has 0 radical (unpaired) electrons. The molecule has 1 saturated heterocycles. The average molecular weight is 364 g/mol.